The number of hydrogen-bond donors (Lipinski definition) is 0. The second-order valence-corrected chi connectivity index (χ2v) is 11.6. The lowest BCUT2D eigenvalue weighted by molar-refractivity contribution is 0.474. The normalized spacial score (nSPS) is 12.4. The Morgan fingerprint density at radius 2 is 1.41 bits per heavy atom. The summed E-state index contributed by atoms with van der Waals surface area (Å²) in [6, 6.07) is 7.70. The van der Waals surface area contributed by atoms with E-state index in [4.69, 9.17) is 4.18 Å². The number of aromatic nitrogens is 2. The van der Waals surface area contributed by atoms with Gasteiger partial charge in [-0.05, 0) is 66.0 Å². The molecule has 1 aromatic heterocycles. The number of fused-ring (bicyclic) bond motifs is 1. The van der Waals surface area contributed by atoms with E-state index in [1.54, 1.807) is 6.92 Å². The monoisotopic (exact) mass is 518 g/mol. The molecule has 0 saturated heterocycles. The fraction of sp³-hybridized carbons (Fsp3) is 0.440. The molecule has 0 atom stereocenters. The molecule has 0 aliphatic carbocycles. The van der Waals surface area contributed by atoms with Crippen LogP contribution in [0.2, 0.25) is 0 Å². The largest absolute Gasteiger partial charge is 0.357 e. The summed E-state index contributed by atoms with van der Waals surface area (Å²) < 4.78 is 34.1. The first-order valence-electron chi connectivity index (χ1n) is 10.9. The van der Waals surface area contributed by atoms with E-state index in [-0.39, 0.29) is 28.5 Å². The Kier molecular flexibility index (Phi) is 7.01. The van der Waals surface area contributed by atoms with Gasteiger partial charge in [0.15, 0.2) is 0 Å². The minimum Gasteiger partial charge on any atom is -0.357 e. The molecule has 3 aromatic rings. The minimum atomic E-state index is -4.14. The number of aryl methyl sites for hydroxylation is 2. The zero-order chi connectivity index (χ0) is 24.0. The summed E-state index contributed by atoms with van der Waals surface area (Å²) in [5, 5.41) is 0.549. The third-order valence-electron chi connectivity index (χ3n) is 5.57. The van der Waals surface area contributed by atoms with Gasteiger partial charge in [-0.3, -0.25) is 0 Å². The number of halogens is 1. The van der Waals surface area contributed by atoms with Crippen molar-refractivity contribution in [3.8, 4) is 5.88 Å². The van der Waals surface area contributed by atoms with Crippen molar-refractivity contribution in [1.29, 1.82) is 0 Å². The standard InChI is InChI=1S/C25H31BrN2O3S/c1-13(2)18-10-19(14(3)4)24(20(11-18)15(5)6)32(29,30)31-25-21-12-22(26)16(7)9-23(21)27-17(8)28-25/h9-15H,1-8H3. The lowest BCUT2D eigenvalue weighted by Gasteiger charge is -2.22. The molecular weight excluding hydrogens is 488 g/mol. The van der Waals surface area contributed by atoms with E-state index in [1.807, 2.05) is 58.9 Å². The zero-order valence-electron chi connectivity index (χ0n) is 19.9. The van der Waals surface area contributed by atoms with Gasteiger partial charge in [0, 0.05) is 4.47 Å². The first-order valence-corrected chi connectivity index (χ1v) is 13.1. The SMILES string of the molecule is Cc1nc(OS(=O)(=O)c2c(C(C)C)cc(C(C)C)cc2C(C)C)c2cc(Br)c(C)cc2n1. The van der Waals surface area contributed by atoms with Crippen LogP contribution in [0.5, 0.6) is 5.88 Å². The van der Waals surface area contributed by atoms with Gasteiger partial charge in [0.05, 0.1) is 10.9 Å². The zero-order valence-corrected chi connectivity index (χ0v) is 22.3. The average molecular weight is 520 g/mol. The Balaban J connectivity index is 2.27. The highest BCUT2D eigenvalue weighted by molar-refractivity contribution is 9.10. The van der Waals surface area contributed by atoms with Crippen LogP contribution in [0, 0.1) is 13.8 Å². The predicted molar refractivity (Wildman–Crippen MR) is 133 cm³/mol. The van der Waals surface area contributed by atoms with Gasteiger partial charge in [0.2, 0.25) is 5.88 Å². The van der Waals surface area contributed by atoms with Gasteiger partial charge in [-0.2, -0.15) is 13.4 Å². The fourth-order valence-corrected chi connectivity index (χ4v) is 5.65. The third kappa shape index (κ3) is 4.84. The second kappa shape index (κ2) is 9.10. The predicted octanol–water partition coefficient (Wildman–Crippen LogP) is 7.15. The topological polar surface area (TPSA) is 69.2 Å². The summed E-state index contributed by atoms with van der Waals surface area (Å²) in [6.45, 7) is 15.9. The molecule has 32 heavy (non-hydrogen) atoms. The van der Waals surface area contributed by atoms with E-state index in [0.717, 1.165) is 26.7 Å². The van der Waals surface area contributed by atoms with Gasteiger partial charge >= 0.3 is 10.1 Å². The molecule has 0 aliphatic rings. The number of hydrogen-bond acceptors (Lipinski definition) is 5. The summed E-state index contributed by atoms with van der Waals surface area (Å²) in [5.41, 5.74) is 4.31. The Labute approximate surface area is 199 Å². The van der Waals surface area contributed by atoms with Gasteiger partial charge in [0.25, 0.3) is 0 Å². The average Bonchev–Trinajstić information content (AvgIpc) is 2.67. The Morgan fingerprint density at radius 1 is 0.844 bits per heavy atom. The molecule has 0 radical (unpaired) electrons. The number of rotatable bonds is 6. The molecule has 0 unspecified atom stereocenters. The second-order valence-electron chi connectivity index (χ2n) is 9.22. The third-order valence-corrected chi connectivity index (χ3v) is 7.77. The van der Waals surface area contributed by atoms with Crippen molar-refractivity contribution < 1.29 is 12.6 Å². The molecule has 172 valence electrons. The summed E-state index contributed by atoms with van der Waals surface area (Å²) in [4.78, 5) is 9.05. The van der Waals surface area contributed by atoms with Crippen molar-refractivity contribution in [1.82, 2.24) is 9.97 Å². The van der Waals surface area contributed by atoms with Crippen LogP contribution in [0.4, 0.5) is 0 Å². The van der Waals surface area contributed by atoms with Crippen molar-refractivity contribution in [2.24, 2.45) is 0 Å². The molecule has 0 saturated carbocycles. The minimum absolute atomic E-state index is 0.0141. The van der Waals surface area contributed by atoms with Gasteiger partial charge in [-0.15, -0.1) is 0 Å². The molecule has 3 rings (SSSR count). The van der Waals surface area contributed by atoms with Crippen LogP contribution in [-0.2, 0) is 10.1 Å². The first-order chi connectivity index (χ1) is 14.8. The van der Waals surface area contributed by atoms with Gasteiger partial charge in [0.1, 0.15) is 10.7 Å². The van der Waals surface area contributed by atoms with Crippen molar-refractivity contribution >= 4 is 37.0 Å². The van der Waals surface area contributed by atoms with Crippen molar-refractivity contribution in [3.05, 3.63) is 56.8 Å². The van der Waals surface area contributed by atoms with Crippen LogP contribution in [0.25, 0.3) is 10.9 Å². The van der Waals surface area contributed by atoms with Crippen LogP contribution in [0.3, 0.4) is 0 Å². The van der Waals surface area contributed by atoms with Crippen molar-refractivity contribution in [2.45, 2.75) is 78.0 Å². The summed E-state index contributed by atoms with van der Waals surface area (Å²) in [5.74, 6) is 0.815. The molecule has 0 bridgehead atoms. The molecule has 0 amide bonds. The number of benzene rings is 2. The summed E-state index contributed by atoms with van der Waals surface area (Å²) in [7, 11) is -4.14. The van der Waals surface area contributed by atoms with Crippen LogP contribution in [0.15, 0.2) is 33.6 Å². The lowest BCUT2D eigenvalue weighted by Crippen LogP contribution is -2.18. The lowest BCUT2D eigenvalue weighted by atomic mass is 9.89. The van der Waals surface area contributed by atoms with Gasteiger partial charge in [-0.1, -0.05) is 69.6 Å². The molecule has 7 heteroatoms. The van der Waals surface area contributed by atoms with Crippen molar-refractivity contribution in [2.75, 3.05) is 0 Å². The van der Waals surface area contributed by atoms with E-state index >= 15 is 0 Å². The molecule has 0 N–H and O–H groups in total. The van der Waals surface area contributed by atoms with Crippen molar-refractivity contribution in [3.63, 3.8) is 0 Å². The smallest absolute Gasteiger partial charge is 0.341 e. The molecule has 2 aromatic carbocycles. The van der Waals surface area contributed by atoms with Crippen LogP contribution < -0.4 is 4.18 Å². The van der Waals surface area contributed by atoms with E-state index in [9.17, 15) is 8.42 Å². The molecule has 0 aliphatic heterocycles. The molecule has 1 heterocycles. The van der Waals surface area contributed by atoms with Gasteiger partial charge < -0.3 is 4.18 Å². The maximum atomic E-state index is 13.7. The van der Waals surface area contributed by atoms with E-state index in [1.165, 1.54) is 0 Å². The fourth-order valence-electron chi connectivity index (χ4n) is 3.72. The maximum Gasteiger partial charge on any atom is 0.341 e. The molecule has 0 fully saturated rings. The molecular formula is C25H31BrN2O3S. The highest BCUT2D eigenvalue weighted by Crippen LogP contribution is 2.37. The maximum absolute atomic E-state index is 13.7. The van der Waals surface area contributed by atoms with Crippen LogP contribution in [0.1, 0.15) is 87.4 Å². The van der Waals surface area contributed by atoms with Gasteiger partial charge in [-0.25, -0.2) is 4.98 Å². The number of nitrogens with zero attached hydrogens (tertiary/aromatic N) is 2. The summed E-state index contributed by atoms with van der Waals surface area (Å²) >= 11 is 3.52. The Hall–Kier alpha value is -1.99. The Bertz CT molecular complexity index is 1250. The molecule has 0 spiro atoms. The first kappa shape index (κ1) is 24.6. The van der Waals surface area contributed by atoms with E-state index in [2.05, 4.69) is 39.7 Å². The highest BCUT2D eigenvalue weighted by atomic mass is 79.9. The van der Waals surface area contributed by atoms with Crippen LogP contribution in [-0.4, -0.2) is 18.4 Å². The van der Waals surface area contributed by atoms with E-state index < -0.39 is 10.1 Å². The summed E-state index contributed by atoms with van der Waals surface area (Å²) in [6.07, 6.45) is 0. The molecule has 5 nitrogen and oxygen atoms in total. The van der Waals surface area contributed by atoms with Crippen LogP contribution >= 0.6 is 15.9 Å². The highest BCUT2D eigenvalue weighted by Gasteiger charge is 2.30. The quantitative estimate of drug-likeness (QED) is 0.324. The van der Waals surface area contributed by atoms with E-state index in [0.29, 0.717) is 16.7 Å². The Morgan fingerprint density at radius 3 is 1.91 bits per heavy atom.